The summed E-state index contributed by atoms with van der Waals surface area (Å²) in [4.78, 5) is 13.7. The van der Waals surface area contributed by atoms with Gasteiger partial charge < -0.3 is 9.47 Å². The Balaban J connectivity index is 1.51. The molecule has 7 rings (SSSR count). The molecule has 1 aliphatic rings. The summed E-state index contributed by atoms with van der Waals surface area (Å²) in [5.41, 5.74) is 4.64. The van der Waals surface area contributed by atoms with Crippen LogP contribution in [0.3, 0.4) is 0 Å². The lowest BCUT2D eigenvalue weighted by Crippen LogP contribution is -2.15. The zero-order chi connectivity index (χ0) is 23.4. The van der Waals surface area contributed by atoms with Crippen LogP contribution in [0.5, 0.6) is 17.4 Å². The van der Waals surface area contributed by atoms with Crippen molar-refractivity contribution in [3.8, 4) is 28.8 Å². The molecule has 0 bridgehead atoms. The number of benzene rings is 3. The Morgan fingerprint density at radius 2 is 1.74 bits per heavy atom. The van der Waals surface area contributed by atoms with Gasteiger partial charge >= 0.3 is 0 Å². The molecule has 0 saturated heterocycles. The van der Waals surface area contributed by atoms with Crippen molar-refractivity contribution in [1.29, 1.82) is 0 Å². The van der Waals surface area contributed by atoms with E-state index in [-0.39, 0.29) is 5.92 Å². The van der Waals surface area contributed by atoms with Gasteiger partial charge in [0.15, 0.2) is 11.5 Å². The van der Waals surface area contributed by atoms with Gasteiger partial charge in [0.2, 0.25) is 5.88 Å². The molecular weight excluding hydrogens is 438 g/mol. The molecule has 0 saturated carbocycles. The van der Waals surface area contributed by atoms with Crippen LogP contribution in [0.2, 0.25) is 0 Å². The Bertz CT molecular complexity index is 1710. The lowest BCUT2D eigenvalue weighted by molar-refractivity contribution is 0.414. The van der Waals surface area contributed by atoms with Crippen molar-refractivity contribution in [2.24, 2.45) is 0 Å². The van der Waals surface area contributed by atoms with Gasteiger partial charge in [-0.1, -0.05) is 48.5 Å². The Morgan fingerprint density at radius 1 is 0.914 bits per heavy atom. The fourth-order valence-electron chi connectivity index (χ4n) is 4.81. The predicted molar refractivity (Wildman–Crippen MR) is 132 cm³/mol. The van der Waals surface area contributed by atoms with Gasteiger partial charge in [0, 0.05) is 34.8 Å². The Hall–Kier alpha value is -4.78. The van der Waals surface area contributed by atoms with E-state index in [0.717, 1.165) is 44.5 Å². The highest BCUT2D eigenvalue weighted by molar-refractivity contribution is 5.91. The minimum Gasteiger partial charge on any atom is -0.497 e. The van der Waals surface area contributed by atoms with Crippen molar-refractivity contribution in [3.63, 3.8) is 0 Å². The van der Waals surface area contributed by atoms with E-state index in [1.165, 1.54) is 0 Å². The summed E-state index contributed by atoms with van der Waals surface area (Å²) in [7, 11) is 1.67. The van der Waals surface area contributed by atoms with Crippen LogP contribution >= 0.6 is 0 Å². The second kappa shape index (κ2) is 7.63. The summed E-state index contributed by atoms with van der Waals surface area (Å²) < 4.78 is 13.6. The first-order valence-electron chi connectivity index (χ1n) is 11.3. The van der Waals surface area contributed by atoms with Gasteiger partial charge in [-0.3, -0.25) is 4.98 Å². The first kappa shape index (κ1) is 19.7. The first-order valence-corrected chi connectivity index (χ1v) is 11.3. The maximum absolute atomic E-state index is 6.48. The van der Waals surface area contributed by atoms with Gasteiger partial charge in [-0.25, -0.2) is 14.5 Å². The highest BCUT2D eigenvalue weighted by atomic mass is 16.5. The molecule has 4 heterocycles. The van der Waals surface area contributed by atoms with Crippen molar-refractivity contribution >= 4 is 16.4 Å². The molecular formula is C28H19N5O2. The van der Waals surface area contributed by atoms with Gasteiger partial charge in [-0.15, -0.1) is 5.10 Å². The molecule has 3 aromatic carbocycles. The van der Waals surface area contributed by atoms with Crippen molar-refractivity contribution in [2.75, 3.05) is 7.11 Å². The smallest absolute Gasteiger partial charge is 0.228 e. The molecule has 0 aliphatic carbocycles. The van der Waals surface area contributed by atoms with E-state index in [1.54, 1.807) is 30.3 Å². The molecule has 168 valence electrons. The van der Waals surface area contributed by atoms with Gasteiger partial charge in [0.1, 0.15) is 17.8 Å². The minimum absolute atomic E-state index is 0.144. The van der Waals surface area contributed by atoms with E-state index in [1.807, 2.05) is 36.4 Å². The van der Waals surface area contributed by atoms with E-state index in [2.05, 4.69) is 46.4 Å². The summed E-state index contributed by atoms with van der Waals surface area (Å²) in [6.45, 7) is 0. The van der Waals surface area contributed by atoms with Crippen molar-refractivity contribution in [1.82, 2.24) is 24.6 Å². The van der Waals surface area contributed by atoms with E-state index in [9.17, 15) is 0 Å². The number of fused-ring (bicyclic) bond motifs is 6. The van der Waals surface area contributed by atoms with Crippen LogP contribution < -0.4 is 9.47 Å². The lowest BCUT2D eigenvalue weighted by atomic mass is 9.83. The summed E-state index contributed by atoms with van der Waals surface area (Å²) in [6, 6.07) is 24.4. The fraction of sp³-hybridized carbons (Fsp3) is 0.0714. The van der Waals surface area contributed by atoms with Crippen LogP contribution in [0.25, 0.3) is 27.8 Å². The fourth-order valence-corrected chi connectivity index (χ4v) is 4.81. The lowest BCUT2D eigenvalue weighted by Gasteiger charge is -2.28. The van der Waals surface area contributed by atoms with Gasteiger partial charge in [0.25, 0.3) is 0 Å². The molecule has 0 N–H and O–H groups in total. The molecule has 0 amide bonds. The van der Waals surface area contributed by atoms with Crippen LogP contribution in [-0.4, -0.2) is 31.7 Å². The van der Waals surface area contributed by atoms with Crippen LogP contribution in [0.15, 0.2) is 91.5 Å². The van der Waals surface area contributed by atoms with Crippen LogP contribution in [0, 0.1) is 0 Å². The highest BCUT2D eigenvalue weighted by Gasteiger charge is 2.34. The SMILES string of the molecule is COc1ccc([C@@H]2c3ccc4ccccc4c3Oc3ncn4nc(-c5ccncc5)nc4c32)cc1. The summed E-state index contributed by atoms with van der Waals surface area (Å²) in [6.07, 6.45) is 5.13. The van der Waals surface area contributed by atoms with Gasteiger partial charge in [0.05, 0.1) is 12.7 Å². The topological polar surface area (TPSA) is 74.4 Å². The first-order chi connectivity index (χ1) is 17.3. The number of aromatic nitrogens is 5. The average molecular weight is 457 g/mol. The second-order valence-corrected chi connectivity index (χ2v) is 8.42. The summed E-state index contributed by atoms with van der Waals surface area (Å²) >= 11 is 0. The molecule has 0 spiro atoms. The maximum Gasteiger partial charge on any atom is 0.228 e. The molecule has 6 aromatic rings. The minimum atomic E-state index is -0.144. The van der Waals surface area contributed by atoms with Crippen LogP contribution in [0.1, 0.15) is 22.6 Å². The van der Waals surface area contributed by atoms with E-state index >= 15 is 0 Å². The Kier molecular flexibility index (Phi) is 4.29. The molecule has 3 aromatic heterocycles. The molecule has 1 atom stereocenters. The molecule has 0 unspecified atom stereocenters. The van der Waals surface area contributed by atoms with Crippen molar-refractivity contribution in [2.45, 2.75) is 5.92 Å². The molecule has 7 nitrogen and oxygen atoms in total. The molecule has 0 radical (unpaired) electrons. The number of hydrogen-bond donors (Lipinski definition) is 0. The zero-order valence-electron chi connectivity index (χ0n) is 18.8. The number of ether oxygens (including phenoxy) is 2. The second-order valence-electron chi connectivity index (χ2n) is 8.42. The summed E-state index contributed by atoms with van der Waals surface area (Å²) in [5, 5.41) is 6.86. The number of rotatable bonds is 3. The number of methoxy groups -OCH3 is 1. The molecule has 7 heteroatoms. The normalized spacial score (nSPS) is 14.4. The molecule has 0 fully saturated rings. The standard InChI is InChI=1S/C28H19N5O2/c1-34-20-9-6-18(7-10-20)23-22-11-8-17-4-2-3-5-21(17)25(22)35-28-24(23)27-31-26(32-33(27)16-30-28)19-12-14-29-15-13-19/h2-16,23H,1H3/t23-/m1/s1. The third kappa shape index (κ3) is 3.05. The zero-order valence-corrected chi connectivity index (χ0v) is 18.8. The summed E-state index contributed by atoms with van der Waals surface area (Å²) in [5.74, 6) is 2.63. The monoisotopic (exact) mass is 457 g/mol. The number of pyridine rings is 1. The maximum atomic E-state index is 6.48. The quantitative estimate of drug-likeness (QED) is 0.342. The van der Waals surface area contributed by atoms with E-state index in [4.69, 9.17) is 19.6 Å². The molecule has 35 heavy (non-hydrogen) atoms. The van der Waals surface area contributed by atoms with Crippen LogP contribution in [0.4, 0.5) is 0 Å². The van der Waals surface area contributed by atoms with E-state index in [0.29, 0.717) is 17.4 Å². The number of nitrogens with zero attached hydrogens (tertiary/aromatic N) is 5. The van der Waals surface area contributed by atoms with Gasteiger partial charge in [-0.2, -0.15) is 0 Å². The largest absolute Gasteiger partial charge is 0.497 e. The Morgan fingerprint density at radius 3 is 2.57 bits per heavy atom. The van der Waals surface area contributed by atoms with Crippen molar-refractivity contribution < 1.29 is 9.47 Å². The van der Waals surface area contributed by atoms with Gasteiger partial charge in [-0.05, 0) is 35.2 Å². The number of hydrogen-bond acceptors (Lipinski definition) is 6. The predicted octanol–water partition coefficient (Wildman–Crippen LogP) is 5.63. The Labute approximate surface area is 200 Å². The van der Waals surface area contributed by atoms with Crippen molar-refractivity contribution in [3.05, 3.63) is 108 Å². The third-order valence-corrected chi connectivity index (χ3v) is 6.48. The average Bonchev–Trinajstić information content (AvgIpc) is 3.37. The molecule has 1 aliphatic heterocycles. The van der Waals surface area contributed by atoms with Crippen LogP contribution in [-0.2, 0) is 0 Å². The van der Waals surface area contributed by atoms with E-state index < -0.39 is 0 Å². The highest BCUT2D eigenvalue weighted by Crippen LogP contribution is 2.50. The third-order valence-electron chi connectivity index (χ3n) is 6.48.